The summed E-state index contributed by atoms with van der Waals surface area (Å²) in [7, 11) is -0.599. The summed E-state index contributed by atoms with van der Waals surface area (Å²) in [4.78, 5) is 3.83. The fourth-order valence-corrected chi connectivity index (χ4v) is 3.00. The molecule has 0 heterocycles. The average Bonchev–Trinajstić information content (AvgIpc) is 2.94. The minimum absolute atomic E-state index is 0.327. The van der Waals surface area contributed by atoms with Crippen molar-refractivity contribution in [2.45, 2.75) is 43.1 Å². The highest BCUT2D eigenvalue weighted by atomic mass is 32.2. The molecule has 2 atom stereocenters. The predicted molar refractivity (Wildman–Crippen MR) is 59.8 cm³/mol. The molecule has 0 aromatic rings. The van der Waals surface area contributed by atoms with Crippen molar-refractivity contribution in [3.63, 3.8) is 0 Å². The Kier molecular flexibility index (Phi) is 4.78. The number of hydrogen-bond donors (Lipinski definition) is 0. The Labute approximate surface area is 87.3 Å². The maximum Gasteiger partial charge on any atom is 0.0584 e. The van der Waals surface area contributed by atoms with Crippen molar-refractivity contribution < 1.29 is 4.21 Å². The molecule has 4 heteroatoms. The van der Waals surface area contributed by atoms with Crippen molar-refractivity contribution in [1.29, 1.82) is 0 Å². The monoisotopic (exact) mass is 217 g/mol. The number of aliphatic imine (C=N–C) groups is 1. The molecule has 0 radical (unpaired) electrons. The predicted octanol–water partition coefficient (Wildman–Crippen LogP) is 2.17. The third-order valence-electron chi connectivity index (χ3n) is 2.19. The third-order valence-corrected chi connectivity index (χ3v) is 4.48. The Balaban J connectivity index is 2.12. The van der Waals surface area contributed by atoms with Gasteiger partial charge in [-0.05, 0) is 37.9 Å². The Morgan fingerprint density at radius 1 is 1.69 bits per heavy atom. The Hall–Kier alpha value is -0.0500. The molecule has 0 aliphatic heterocycles. The summed E-state index contributed by atoms with van der Waals surface area (Å²) in [5.41, 5.74) is 0. The number of isothiocyanates is 1. The van der Waals surface area contributed by atoms with Crippen LogP contribution in [0.5, 0.6) is 0 Å². The molecule has 0 saturated heterocycles. The first kappa shape index (κ1) is 11.0. The summed E-state index contributed by atoms with van der Waals surface area (Å²) in [5.74, 6) is 0. The van der Waals surface area contributed by atoms with Crippen LogP contribution in [-0.2, 0) is 10.8 Å². The second kappa shape index (κ2) is 5.63. The summed E-state index contributed by atoms with van der Waals surface area (Å²) in [6.45, 7) is 2.80. The summed E-state index contributed by atoms with van der Waals surface area (Å²) in [6, 6.07) is 0. The zero-order valence-electron chi connectivity index (χ0n) is 7.86. The van der Waals surface area contributed by atoms with Crippen LogP contribution in [0.2, 0.25) is 0 Å². The van der Waals surface area contributed by atoms with Crippen LogP contribution in [0.15, 0.2) is 4.99 Å². The van der Waals surface area contributed by atoms with E-state index in [-0.39, 0.29) is 0 Å². The Morgan fingerprint density at radius 2 is 2.38 bits per heavy atom. The van der Waals surface area contributed by atoms with Crippen LogP contribution < -0.4 is 0 Å². The van der Waals surface area contributed by atoms with E-state index < -0.39 is 10.8 Å². The summed E-state index contributed by atoms with van der Waals surface area (Å²) < 4.78 is 11.6. The highest BCUT2D eigenvalue weighted by molar-refractivity contribution is 7.86. The van der Waals surface area contributed by atoms with Crippen LogP contribution in [0.1, 0.15) is 32.6 Å². The normalized spacial score (nSPS) is 20.4. The second-order valence-corrected chi connectivity index (χ2v) is 5.76. The lowest BCUT2D eigenvalue weighted by Gasteiger charge is -2.08. The van der Waals surface area contributed by atoms with Gasteiger partial charge in [0, 0.05) is 27.8 Å². The van der Waals surface area contributed by atoms with Gasteiger partial charge in [0.2, 0.25) is 0 Å². The van der Waals surface area contributed by atoms with Gasteiger partial charge in [0.15, 0.2) is 0 Å². The lowest BCUT2D eigenvalue weighted by molar-refractivity contribution is 0.656. The molecular weight excluding hydrogens is 202 g/mol. The first-order valence-corrected chi connectivity index (χ1v) is 6.37. The van der Waals surface area contributed by atoms with Gasteiger partial charge in [0.25, 0.3) is 0 Å². The zero-order valence-corrected chi connectivity index (χ0v) is 9.50. The van der Waals surface area contributed by atoms with Gasteiger partial charge in [-0.25, -0.2) is 4.99 Å². The van der Waals surface area contributed by atoms with Gasteiger partial charge in [-0.15, -0.1) is 0 Å². The maximum atomic E-state index is 11.6. The molecule has 1 aliphatic carbocycles. The first-order chi connectivity index (χ1) is 6.25. The quantitative estimate of drug-likeness (QED) is 0.388. The van der Waals surface area contributed by atoms with E-state index in [0.29, 0.717) is 10.5 Å². The van der Waals surface area contributed by atoms with Crippen molar-refractivity contribution in [3.05, 3.63) is 0 Å². The highest BCUT2D eigenvalue weighted by Gasteiger charge is 2.30. The van der Waals surface area contributed by atoms with Gasteiger partial charge in [0.1, 0.15) is 0 Å². The molecule has 0 bridgehead atoms. The number of rotatable bonds is 6. The molecule has 2 unspecified atom stereocenters. The van der Waals surface area contributed by atoms with E-state index in [1.54, 1.807) is 0 Å². The van der Waals surface area contributed by atoms with Gasteiger partial charge in [-0.2, -0.15) is 0 Å². The summed E-state index contributed by atoms with van der Waals surface area (Å²) in [6.07, 6.45) is 4.29. The maximum absolute atomic E-state index is 11.6. The molecule has 0 spiro atoms. The van der Waals surface area contributed by atoms with Crippen LogP contribution in [0.25, 0.3) is 0 Å². The molecule has 0 amide bonds. The van der Waals surface area contributed by atoms with Crippen LogP contribution in [0.3, 0.4) is 0 Å². The Bertz CT molecular complexity index is 232. The van der Waals surface area contributed by atoms with Crippen LogP contribution >= 0.6 is 12.2 Å². The lowest BCUT2D eigenvalue weighted by Crippen LogP contribution is -2.14. The minimum atomic E-state index is -0.599. The fraction of sp³-hybridized carbons (Fsp3) is 0.889. The van der Waals surface area contributed by atoms with Crippen molar-refractivity contribution in [2.24, 2.45) is 4.99 Å². The van der Waals surface area contributed by atoms with E-state index in [2.05, 4.69) is 29.3 Å². The molecule has 2 nitrogen and oxygen atoms in total. The SMILES string of the molecule is CC(CCCN=C=S)S(=O)C1CC1. The molecule has 74 valence electrons. The highest BCUT2D eigenvalue weighted by Crippen LogP contribution is 2.29. The third kappa shape index (κ3) is 4.12. The molecule has 1 fully saturated rings. The number of hydrogen-bond acceptors (Lipinski definition) is 3. The van der Waals surface area contributed by atoms with E-state index in [0.717, 1.165) is 32.2 Å². The van der Waals surface area contributed by atoms with E-state index in [1.165, 1.54) is 0 Å². The van der Waals surface area contributed by atoms with Crippen LogP contribution in [0, 0.1) is 0 Å². The van der Waals surface area contributed by atoms with E-state index in [1.807, 2.05) is 0 Å². The van der Waals surface area contributed by atoms with Crippen molar-refractivity contribution >= 4 is 28.2 Å². The van der Waals surface area contributed by atoms with Gasteiger partial charge >= 0.3 is 0 Å². The smallest absolute Gasteiger partial charge is 0.0584 e. The molecule has 1 aliphatic rings. The van der Waals surface area contributed by atoms with Crippen molar-refractivity contribution in [3.8, 4) is 0 Å². The fourth-order valence-electron chi connectivity index (χ4n) is 1.25. The van der Waals surface area contributed by atoms with Crippen molar-refractivity contribution in [1.82, 2.24) is 0 Å². The van der Waals surface area contributed by atoms with Gasteiger partial charge < -0.3 is 0 Å². The number of nitrogens with zero attached hydrogens (tertiary/aromatic N) is 1. The second-order valence-electron chi connectivity index (χ2n) is 3.45. The van der Waals surface area contributed by atoms with Crippen LogP contribution in [-0.4, -0.2) is 26.4 Å². The van der Waals surface area contributed by atoms with E-state index in [4.69, 9.17) is 0 Å². The average molecular weight is 217 g/mol. The minimum Gasteiger partial charge on any atom is -0.259 e. The molecule has 1 rings (SSSR count). The molecule has 1 saturated carbocycles. The molecule has 0 aromatic carbocycles. The van der Waals surface area contributed by atoms with Gasteiger partial charge in [-0.1, -0.05) is 6.92 Å². The van der Waals surface area contributed by atoms with Crippen LogP contribution in [0.4, 0.5) is 0 Å². The number of thiocarbonyl (C=S) groups is 1. The standard InChI is InChI=1S/C9H15NOS2/c1-8(3-2-6-10-7-12)13(11)9-4-5-9/h8-9H,2-6H2,1H3. The molecule has 0 N–H and O–H groups in total. The summed E-state index contributed by atoms with van der Waals surface area (Å²) >= 11 is 4.46. The zero-order chi connectivity index (χ0) is 9.68. The van der Waals surface area contributed by atoms with Crippen molar-refractivity contribution in [2.75, 3.05) is 6.54 Å². The largest absolute Gasteiger partial charge is 0.259 e. The lowest BCUT2D eigenvalue weighted by atomic mass is 10.2. The van der Waals surface area contributed by atoms with E-state index >= 15 is 0 Å². The molecule has 0 aromatic heterocycles. The molecular formula is C9H15NOS2. The summed E-state index contributed by atoms with van der Waals surface area (Å²) in [5, 5.41) is 3.17. The van der Waals surface area contributed by atoms with E-state index in [9.17, 15) is 4.21 Å². The van der Waals surface area contributed by atoms with Gasteiger partial charge in [0.05, 0.1) is 5.16 Å². The Morgan fingerprint density at radius 3 is 2.92 bits per heavy atom. The molecule has 13 heavy (non-hydrogen) atoms. The topological polar surface area (TPSA) is 29.4 Å². The first-order valence-electron chi connectivity index (χ1n) is 4.68. The van der Waals surface area contributed by atoms with Gasteiger partial charge in [-0.3, -0.25) is 4.21 Å².